The van der Waals surface area contributed by atoms with Crippen molar-refractivity contribution < 1.29 is 9.18 Å². The molecular weight excluding hydrogens is 369 g/mol. The number of imidazole rings is 1. The number of aromatic nitrogens is 2. The Morgan fingerprint density at radius 2 is 1.83 bits per heavy atom. The van der Waals surface area contributed by atoms with Gasteiger partial charge < -0.3 is 19.9 Å². The number of urea groups is 1. The summed E-state index contributed by atoms with van der Waals surface area (Å²) in [5, 5.41) is 6.44. The lowest BCUT2D eigenvalue weighted by Crippen LogP contribution is -2.44. The first kappa shape index (κ1) is 19.2. The number of halogens is 1. The van der Waals surface area contributed by atoms with Crippen molar-refractivity contribution in [2.75, 3.05) is 23.7 Å². The summed E-state index contributed by atoms with van der Waals surface area (Å²) < 4.78 is 15.6. The number of aryl methyl sites for hydroxylation is 4. The Bertz CT molecular complexity index is 1080. The number of carbonyl (C=O) groups excluding carboxylic acids is 1. The number of hydrogen-bond acceptors (Lipinski definition) is 3. The SMILES string of the molecule is Cc1cc(F)cc(C)c1CNc1cc(NC(=O)N2CCC2)cn2c(C)c(C)nc12. The topological polar surface area (TPSA) is 61.7 Å². The largest absolute Gasteiger partial charge is 0.378 e. The Morgan fingerprint density at radius 1 is 1.14 bits per heavy atom. The molecule has 6 nitrogen and oxygen atoms in total. The van der Waals surface area contributed by atoms with E-state index < -0.39 is 0 Å². The van der Waals surface area contributed by atoms with Gasteiger partial charge >= 0.3 is 6.03 Å². The van der Waals surface area contributed by atoms with Crippen LogP contribution < -0.4 is 10.6 Å². The molecule has 0 radical (unpaired) electrons. The van der Waals surface area contributed by atoms with E-state index >= 15 is 0 Å². The first-order valence-corrected chi connectivity index (χ1v) is 9.88. The molecule has 1 fully saturated rings. The second-order valence-corrected chi connectivity index (χ2v) is 7.76. The van der Waals surface area contributed by atoms with Crippen LogP contribution in [0.25, 0.3) is 5.65 Å². The van der Waals surface area contributed by atoms with E-state index in [1.807, 2.05) is 44.4 Å². The first-order chi connectivity index (χ1) is 13.8. The van der Waals surface area contributed by atoms with Crippen LogP contribution in [0.1, 0.15) is 34.5 Å². The van der Waals surface area contributed by atoms with Crippen molar-refractivity contribution in [2.45, 2.75) is 40.7 Å². The van der Waals surface area contributed by atoms with Gasteiger partial charge in [-0.3, -0.25) is 0 Å². The molecule has 0 bridgehead atoms. The van der Waals surface area contributed by atoms with E-state index in [2.05, 4.69) is 15.6 Å². The summed E-state index contributed by atoms with van der Waals surface area (Å²) >= 11 is 0. The third-order valence-electron chi connectivity index (χ3n) is 5.71. The predicted molar refractivity (Wildman–Crippen MR) is 113 cm³/mol. The van der Waals surface area contributed by atoms with Gasteiger partial charge in [0, 0.05) is 31.5 Å². The maximum absolute atomic E-state index is 13.6. The standard InChI is InChI=1S/C22H26FN5O/c1-13-8-17(23)9-14(2)19(13)11-24-20-10-18(26-22(29)27-6-5-7-27)12-28-16(4)15(3)25-21(20)28/h8-10,12,24H,5-7,11H2,1-4H3,(H,26,29). The molecule has 7 heteroatoms. The molecule has 1 aliphatic heterocycles. The third-order valence-corrected chi connectivity index (χ3v) is 5.71. The molecule has 3 heterocycles. The quantitative estimate of drug-likeness (QED) is 0.681. The van der Waals surface area contributed by atoms with Crippen LogP contribution in [0, 0.1) is 33.5 Å². The van der Waals surface area contributed by atoms with Gasteiger partial charge in [0.25, 0.3) is 0 Å². The molecule has 152 valence electrons. The fourth-order valence-corrected chi connectivity index (χ4v) is 3.69. The van der Waals surface area contributed by atoms with Crippen molar-refractivity contribution in [1.82, 2.24) is 14.3 Å². The van der Waals surface area contributed by atoms with Gasteiger partial charge in [0.05, 0.1) is 17.1 Å². The predicted octanol–water partition coefficient (Wildman–Crippen LogP) is 4.56. The van der Waals surface area contributed by atoms with E-state index in [1.54, 1.807) is 17.0 Å². The molecule has 4 rings (SSSR count). The monoisotopic (exact) mass is 395 g/mol. The number of nitrogens with one attached hydrogen (secondary N) is 2. The van der Waals surface area contributed by atoms with Gasteiger partial charge in [-0.2, -0.15) is 0 Å². The van der Waals surface area contributed by atoms with Gasteiger partial charge in [-0.25, -0.2) is 14.2 Å². The van der Waals surface area contributed by atoms with E-state index in [-0.39, 0.29) is 11.8 Å². The zero-order chi connectivity index (χ0) is 20.7. The summed E-state index contributed by atoms with van der Waals surface area (Å²) in [7, 11) is 0. The average molecular weight is 395 g/mol. The first-order valence-electron chi connectivity index (χ1n) is 9.88. The number of benzene rings is 1. The van der Waals surface area contributed by atoms with Crippen LogP contribution in [0.15, 0.2) is 24.4 Å². The van der Waals surface area contributed by atoms with Crippen LogP contribution in [0.2, 0.25) is 0 Å². The van der Waals surface area contributed by atoms with Gasteiger partial charge in [0.2, 0.25) is 0 Å². The lowest BCUT2D eigenvalue weighted by molar-refractivity contribution is 0.181. The van der Waals surface area contributed by atoms with Crippen LogP contribution in [0.3, 0.4) is 0 Å². The van der Waals surface area contributed by atoms with E-state index in [9.17, 15) is 9.18 Å². The summed E-state index contributed by atoms with van der Waals surface area (Å²) in [5.74, 6) is -0.221. The lowest BCUT2D eigenvalue weighted by Gasteiger charge is -2.30. The Balaban J connectivity index is 1.67. The summed E-state index contributed by atoms with van der Waals surface area (Å²) in [6.07, 6.45) is 2.96. The molecule has 1 aromatic carbocycles. The number of nitrogens with zero attached hydrogens (tertiary/aromatic N) is 3. The molecule has 0 spiro atoms. The molecule has 1 aliphatic rings. The van der Waals surface area contributed by atoms with Crippen LogP contribution in [0.4, 0.5) is 20.6 Å². The highest BCUT2D eigenvalue weighted by Gasteiger charge is 2.21. The summed E-state index contributed by atoms with van der Waals surface area (Å²) in [4.78, 5) is 18.8. The second kappa shape index (κ2) is 7.39. The van der Waals surface area contributed by atoms with E-state index in [1.165, 1.54) is 0 Å². The molecule has 0 atom stereocenters. The normalized spacial score (nSPS) is 13.5. The molecule has 0 aliphatic carbocycles. The number of carbonyl (C=O) groups is 1. The number of likely N-dealkylation sites (tertiary alicyclic amines) is 1. The van der Waals surface area contributed by atoms with Gasteiger partial charge in [0.1, 0.15) is 5.82 Å². The smallest absolute Gasteiger partial charge is 0.321 e. The minimum Gasteiger partial charge on any atom is -0.378 e. The highest BCUT2D eigenvalue weighted by atomic mass is 19.1. The maximum Gasteiger partial charge on any atom is 0.321 e. The summed E-state index contributed by atoms with van der Waals surface area (Å²) in [5.41, 5.74) is 7.17. The molecule has 2 aromatic heterocycles. The Hall–Kier alpha value is -3.09. The fraction of sp³-hybridized carbons (Fsp3) is 0.364. The third kappa shape index (κ3) is 3.64. The maximum atomic E-state index is 13.6. The van der Waals surface area contributed by atoms with Crippen LogP contribution in [-0.2, 0) is 6.54 Å². The zero-order valence-electron chi connectivity index (χ0n) is 17.3. The van der Waals surface area contributed by atoms with Gasteiger partial charge in [-0.1, -0.05) is 0 Å². The second-order valence-electron chi connectivity index (χ2n) is 7.76. The molecular formula is C22H26FN5O. The van der Waals surface area contributed by atoms with Crippen molar-refractivity contribution >= 4 is 23.1 Å². The highest BCUT2D eigenvalue weighted by Crippen LogP contribution is 2.26. The molecule has 0 unspecified atom stereocenters. The van der Waals surface area contributed by atoms with Crippen molar-refractivity contribution in [2.24, 2.45) is 0 Å². The number of anilines is 2. The number of amides is 2. The molecule has 1 saturated heterocycles. The number of rotatable bonds is 4. The van der Waals surface area contributed by atoms with E-state index in [0.717, 1.165) is 58.9 Å². The molecule has 3 aromatic rings. The number of hydrogen-bond donors (Lipinski definition) is 2. The number of fused-ring (bicyclic) bond motifs is 1. The Morgan fingerprint density at radius 3 is 2.45 bits per heavy atom. The number of pyridine rings is 1. The summed E-state index contributed by atoms with van der Waals surface area (Å²) in [6.45, 7) is 9.94. The van der Waals surface area contributed by atoms with Gasteiger partial charge in [0.15, 0.2) is 5.65 Å². The molecule has 0 saturated carbocycles. The summed E-state index contributed by atoms with van der Waals surface area (Å²) in [6, 6.07) is 4.93. The van der Waals surface area contributed by atoms with Crippen LogP contribution >= 0.6 is 0 Å². The van der Waals surface area contributed by atoms with Crippen molar-refractivity contribution in [1.29, 1.82) is 0 Å². The van der Waals surface area contributed by atoms with Crippen LogP contribution in [-0.4, -0.2) is 33.4 Å². The fourth-order valence-electron chi connectivity index (χ4n) is 3.69. The van der Waals surface area contributed by atoms with Crippen molar-refractivity contribution in [3.8, 4) is 0 Å². The Kier molecular flexibility index (Phi) is 4.90. The van der Waals surface area contributed by atoms with Gasteiger partial charge in [-0.15, -0.1) is 0 Å². The molecule has 2 N–H and O–H groups in total. The van der Waals surface area contributed by atoms with Crippen molar-refractivity contribution in [3.63, 3.8) is 0 Å². The van der Waals surface area contributed by atoms with Gasteiger partial charge in [-0.05, 0) is 69.0 Å². The van der Waals surface area contributed by atoms with Crippen LogP contribution in [0.5, 0.6) is 0 Å². The zero-order valence-corrected chi connectivity index (χ0v) is 17.3. The lowest BCUT2D eigenvalue weighted by atomic mass is 10.0. The average Bonchev–Trinajstić information content (AvgIpc) is 2.87. The minimum atomic E-state index is -0.221. The minimum absolute atomic E-state index is 0.0822. The molecule has 29 heavy (non-hydrogen) atoms. The van der Waals surface area contributed by atoms with E-state index in [4.69, 9.17) is 0 Å². The Labute approximate surface area is 169 Å². The molecule has 2 amide bonds. The highest BCUT2D eigenvalue weighted by molar-refractivity contribution is 5.91. The van der Waals surface area contributed by atoms with Crippen molar-refractivity contribution in [3.05, 3.63) is 58.3 Å². The van der Waals surface area contributed by atoms with E-state index in [0.29, 0.717) is 12.2 Å².